The third-order valence-corrected chi connectivity index (χ3v) is 3.71. The van der Waals surface area contributed by atoms with Crippen molar-refractivity contribution in [1.29, 1.82) is 0 Å². The molecule has 0 aliphatic rings. The van der Waals surface area contributed by atoms with Crippen molar-refractivity contribution in [3.8, 4) is 0 Å². The maximum Gasteiger partial charge on any atom is 0.0946 e. The summed E-state index contributed by atoms with van der Waals surface area (Å²) in [6, 6.07) is 0. The number of hydrogen-bond donors (Lipinski definition) is 0. The number of rotatable bonds is 10. The first-order chi connectivity index (χ1) is 8.77. The molecule has 0 aliphatic carbocycles. The molecule has 104 valence electrons. The predicted molar refractivity (Wildman–Crippen MR) is 78.9 cm³/mol. The lowest BCUT2D eigenvalue weighted by Gasteiger charge is -2.14. The van der Waals surface area contributed by atoms with Gasteiger partial charge in [0.05, 0.1) is 12.0 Å². The van der Waals surface area contributed by atoms with Crippen LogP contribution in [0.2, 0.25) is 0 Å². The van der Waals surface area contributed by atoms with E-state index in [0.717, 1.165) is 0 Å². The van der Waals surface area contributed by atoms with Crippen LogP contribution in [0, 0.1) is 0 Å². The molecule has 0 bridgehead atoms. The average Bonchev–Trinajstić information content (AvgIpc) is 2.79. The highest BCUT2D eigenvalue weighted by Gasteiger charge is 2.13. The van der Waals surface area contributed by atoms with Crippen LogP contribution in [-0.2, 0) is 7.05 Å². The molecule has 1 aromatic rings. The lowest BCUT2D eigenvalue weighted by molar-refractivity contribution is 0.497. The van der Waals surface area contributed by atoms with E-state index in [1.54, 1.807) is 0 Å². The molecule has 0 amide bonds. The van der Waals surface area contributed by atoms with Crippen LogP contribution >= 0.6 is 0 Å². The maximum absolute atomic E-state index is 4.55. The molecule has 0 saturated heterocycles. The van der Waals surface area contributed by atoms with Crippen LogP contribution in [0.4, 0.5) is 0 Å². The number of unbranched alkanes of at least 4 members (excludes halogenated alkanes) is 5. The van der Waals surface area contributed by atoms with Crippen LogP contribution in [0.5, 0.6) is 0 Å². The van der Waals surface area contributed by atoms with Crippen molar-refractivity contribution >= 4 is 0 Å². The largest absolute Gasteiger partial charge is 0.340 e. The van der Waals surface area contributed by atoms with Crippen molar-refractivity contribution < 1.29 is 0 Å². The van der Waals surface area contributed by atoms with E-state index in [2.05, 4.69) is 36.6 Å². The Morgan fingerprint density at radius 3 is 2.28 bits per heavy atom. The lowest BCUT2D eigenvalue weighted by Crippen LogP contribution is -2.00. The van der Waals surface area contributed by atoms with Gasteiger partial charge in [-0.05, 0) is 12.8 Å². The number of nitrogens with zero attached hydrogens (tertiary/aromatic N) is 2. The molecule has 1 heterocycles. The van der Waals surface area contributed by atoms with E-state index in [1.807, 2.05) is 6.33 Å². The summed E-state index contributed by atoms with van der Waals surface area (Å²) >= 11 is 0. The highest BCUT2D eigenvalue weighted by atomic mass is 15.0. The second kappa shape index (κ2) is 9.18. The topological polar surface area (TPSA) is 17.8 Å². The van der Waals surface area contributed by atoms with E-state index in [0.29, 0.717) is 5.92 Å². The van der Waals surface area contributed by atoms with Gasteiger partial charge in [-0.25, -0.2) is 4.98 Å². The minimum Gasteiger partial charge on any atom is -0.340 e. The summed E-state index contributed by atoms with van der Waals surface area (Å²) in [7, 11) is 2.06. The Morgan fingerprint density at radius 2 is 1.67 bits per heavy atom. The highest BCUT2D eigenvalue weighted by molar-refractivity contribution is 5.04. The molecule has 0 N–H and O–H groups in total. The van der Waals surface area contributed by atoms with Crippen LogP contribution < -0.4 is 0 Å². The van der Waals surface area contributed by atoms with Gasteiger partial charge in [0.2, 0.25) is 0 Å². The molecule has 0 aromatic carbocycles. The van der Waals surface area contributed by atoms with E-state index in [-0.39, 0.29) is 0 Å². The monoisotopic (exact) mass is 250 g/mol. The van der Waals surface area contributed by atoms with Gasteiger partial charge in [0.25, 0.3) is 0 Å². The van der Waals surface area contributed by atoms with Crippen molar-refractivity contribution in [2.75, 3.05) is 0 Å². The van der Waals surface area contributed by atoms with Gasteiger partial charge in [-0.3, -0.25) is 0 Å². The van der Waals surface area contributed by atoms with E-state index >= 15 is 0 Å². The SMILES string of the molecule is CCCCCCCC(CCCC)c1cn(C)cn1. The van der Waals surface area contributed by atoms with Crippen molar-refractivity contribution in [3.63, 3.8) is 0 Å². The minimum atomic E-state index is 0.688. The third-order valence-electron chi connectivity index (χ3n) is 3.71. The van der Waals surface area contributed by atoms with Gasteiger partial charge in [0.15, 0.2) is 0 Å². The summed E-state index contributed by atoms with van der Waals surface area (Å²) in [5.41, 5.74) is 1.31. The second-order valence-electron chi connectivity index (χ2n) is 5.51. The number of imidazole rings is 1. The van der Waals surface area contributed by atoms with Crippen LogP contribution in [0.3, 0.4) is 0 Å². The molecule has 0 radical (unpaired) electrons. The second-order valence-corrected chi connectivity index (χ2v) is 5.51. The Morgan fingerprint density at radius 1 is 1.00 bits per heavy atom. The van der Waals surface area contributed by atoms with Crippen molar-refractivity contribution in [1.82, 2.24) is 9.55 Å². The molecule has 1 atom stereocenters. The zero-order chi connectivity index (χ0) is 13.2. The first-order valence-electron chi connectivity index (χ1n) is 7.75. The summed E-state index contributed by atoms with van der Waals surface area (Å²) in [5.74, 6) is 0.688. The van der Waals surface area contributed by atoms with Gasteiger partial charge in [0, 0.05) is 19.2 Å². The number of aryl methyl sites for hydroxylation is 1. The fraction of sp³-hybridized carbons (Fsp3) is 0.812. The van der Waals surface area contributed by atoms with E-state index < -0.39 is 0 Å². The van der Waals surface area contributed by atoms with Gasteiger partial charge in [-0.1, -0.05) is 58.8 Å². The summed E-state index contributed by atoms with van der Waals surface area (Å²) in [6.07, 6.45) is 16.3. The van der Waals surface area contributed by atoms with Gasteiger partial charge in [-0.15, -0.1) is 0 Å². The Hall–Kier alpha value is -0.790. The molecule has 2 nitrogen and oxygen atoms in total. The Labute approximate surface area is 113 Å². The summed E-state index contributed by atoms with van der Waals surface area (Å²) in [4.78, 5) is 4.55. The smallest absolute Gasteiger partial charge is 0.0946 e. The van der Waals surface area contributed by atoms with E-state index in [4.69, 9.17) is 0 Å². The summed E-state index contributed by atoms with van der Waals surface area (Å²) in [5, 5.41) is 0. The van der Waals surface area contributed by atoms with Crippen molar-refractivity contribution in [3.05, 3.63) is 18.2 Å². The van der Waals surface area contributed by atoms with Crippen LogP contribution in [0.25, 0.3) is 0 Å². The van der Waals surface area contributed by atoms with Crippen LogP contribution in [-0.4, -0.2) is 9.55 Å². The fourth-order valence-corrected chi connectivity index (χ4v) is 2.53. The molecule has 0 spiro atoms. The molecule has 0 saturated carbocycles. The zero-order valence-corrected chi connectivity index (χ0v) is 12.5. The molecule has 0 fully saturated rings. The van der Waals surface area contributed by atoms with Gasteiger partial charge >= 0.3 is 0 Å². The molecule has 2 heteroatoms. The van der Waals surface area contributed by atoms with Crippen LogP contribution in [0.15, 0.2) is 12.5 Å². The minimum absolute atomic E-state index is 0.688. The van der Waals surface area contributed by atoms with E-state index in [1.165, 1.54) is 63.5 Å². The molecule has 18 heavy (non-hydrogen) atoms. The average molecular weight is 250 g/mol. The van der Waals surface area contributed by atoms with Gasteiger partial charge in [0.1, 0.15) is 0 Å². The molecular formula is C16H30N2. The molecule has 1 rings (SSSR count). The van der Waals surface area contributed by atoms with Gasteiger partial charge < -0.3 is 4.57 Å². The zero-order valence-electron chi connectivity index (χ0n) is 12.5. The van der Waals surface area contributed by atoms with Gasteiger partial charge in [-0.2, -0.15) is 0 Å². The standard InChI is InChI=1S/C16H30N2/c1-4-6-8-9-10-12-15(11-7-5-2)16-13-18(3)14-17-16/h13-15H,4-12H2,1-3H3. The number of hydrogen-bond acceptors (Lipinski definition) is 1. The molecule has 1 unspecified atom stereocenters. The number of aromatic nitrogens is 2. The molecule has 1 aromatic heterocycles. The predicted octanol–water partition coefficient (Wildman–Crippen LogP) is 5.05. The maximum atomic E-state index is 4.55. The first-order valence-corrected chi connectivity index (χ1v) is 7.75. The lowest BCUT2D eigenvalue weighted by atomic mass is 9.92. The summed E-state index contributed by atoms with van der Waals surface area (Å²) in [6.45, 7) is 4.55. The Bertz CT molecular complexity index is 304. The molecular weight excluding hydrogens is 220 g/mol. The fourth-order valence-electron chi connectivity index (χ4n) is 2.53. The highest BCUT2D eigenvalue weighted by Crippen LogP contribution is 2.26. The first kappa shape index (κ1) is 15.3. The Kier molecular flexibility index (Phi) is 7.79. The van der Waals surface area contributed by atoms with Crippen molar-refractivity contribution in [2.45, 2.75) is 77.6 Å². The Balaban J connectivity index is 2.36. The normalized spacial score (nSPS) is 12.8. The third kappa shape index (κ3) is 5.70. The quantitative estimate of drug-likeness (QED) is 0.531. The molecule has 0 aliphatic heterocycles. The van der Waals surface area contributed by atoms with E-state index in [9.17, 15) is 0 Å². The van der Waals surface area contributed by atoms with Crippen molar-refractivity contribution in [2.24, 2.45) is 7.05 Å². The van der Waals surface area contributed by atoms with Crippen LogP contribution in [0.1, 0.15) is 83.2 Å². The summed E-state index contributed by atoms with van der Waals surface area (Å²) < 4.78 is 2.07.